The molecule has 4 N–H and O–H groups in total. The third kappa shape index (κ3) is 5.82. The summed E-state index contributed by atoms with van der Waals surface area (Å²) in [6.07, 6.45) is 2.46. The van der Waals surface area contributed by atoms with E-state index in [1.165, 1.54) is 17.0 Å². The molecule has 0 bridgehead atoms. The highest BCUT2D eigenvalue weighted by atomic mass is 19.1. The number of carbonyl (C=O) groups is 2. The van der Waals surface area contributed by atoms with E-state index in [1.807, 2.05) is 48.2 Å². The third-order valence-corrected chi connectivity index (χ3v) is 7.59. The lowest BCUT2D eigenvalue weighted by Crippen LogP contribution is -2.48. The molecule has 1 saturated heterocycles. The Kier molecular flexibility index (Phi) is 7.37. The zero-order chi connectivity index (χ0) is 30.1. The van der Waals surface area contributed by atoms with Crippen LogP contribution in [0.3, 0.4) is 0 Å². The third-order valence-electron chi connectivity index (χ3n) is 7.59. The number of amides is 2. The van der Waals surface area contributed by atoms with Crippen LogP contribution < -0.4 is 10.2 Å². The number of hydrogen-bond acceptors (Lipinski definition) is 6. The zero-order valence-electron chi connectivity index (χ0n) is 23.3. The minimum absolute atomic E-state index is 0.145. The Labute approximate surface area is 246 Å². The van der Waals surface area contributed by atoms with E-state index in [1.54, 1.807) is 24.5 Å². The standard InChI is InChI=1S/C32H29FN6O4/c1-19-12-21(30-34-17-24(18-35-30)38-8-10-39(11-9-38)32(42)43)14-22(13-19)31(41)37-29(25-16-23(33)6-7-28(25)40)27-15-20-4-2-3-5-26(20)36-27/h2-7,12-18,29,36,40H,8-11H2,1H3,(H,37,41)(H,42,43). The van der Waals surface area contributed by atoms with Crippen molar-refractivity contribution in [2.45, 2.75) is 13.0 Å². The maximum absolute atomic E-state index is 14.3. The summed E-state index contributed by atoms with van der Waals surface area (Å²) >= 11 is 0. The highest BCUT2D eigenvalue weighted by Crippen LogP contribution is 2.32. The molecule has 11 heteroatoms. The number of phenolic OH excluding ortho intramolecular Hbond substituents is 1. The molecule has 6 rings (SSSR count). The number of carboxylic acid groups (broad SMARTS) is 1. The molecule has 2 amide bonds. The minimum atomic E-state index is -0.925. The monoisotopic (exact) mass is 580 g/mol. The van der Waals surface area contributed by atoms with Crippen molar-refractivity contribution >= 4 is 28.6 Å². The van der Waals surface area contributed by atoms with Gasteiger partial charge in [0.1, 0.15) is 11.6 Å². The second-order valence-electron chi connectivity index (χ2n) is 10.5. The number of fused-ring (bicyclic) bond motifs is 1. The molecule has 1 aliphatic heterocycles. The van der Waals surface area contributed by atoms with Crippen LogP contribution in [0.1, 0.15) is 33.2 Å². The number of halogens is 1. The van der Waals surface area contributed by atoms with Gasteiger partial charge in [0.25, 0.3) is 5.91 Å². The molecular formula is C32H29FN6O4. The van der Waals surface area contributed by atoms with Crippen molar-refractivity contribution in [2.75, 3.05) is 31.1 Å². The lowest BCUT2D eigenvalue weighted by atomic mass is 10.0. The van der Waals surface area contributed by atoms with Crippen molar-refractivity contribution in [1.29, 1.82) is 0 Å². The predicted molar refractivity (Wildman–Crippen MR) is 160 cm³/mol. The largest absolute Gasteiger partial charge is 0.508 e. The number of H-pyrrole nitrogens is 1. The molecule has 1 atom stereocenters. The van der Waals surface area contributed by atoms with Gasteiger partial charge in [-0.25, -0.2) is 19.2 Å². The van der Waals surface area contributed by atoms with Crippen molar-refractivity contribution in [3.63, 3.8) is 0 Å². The fraction of sp³-hybridized carbons (Fsp3) is 0.188. The van der Waals surface area contributed by atoms with Gasteiger partial charge in [-0.1, -0.05) is 18.2 Å². The number of rotatable bonds is 6. The number of aryl methyl sites for hydroxylation is 1. The predicted octanol–water partition coefficient (Wildman–Crippen LogP) is 5.10. The van der Waals surface area contributed by atoms with Crippen LogP contribution in [0.25, 0.3) is 22.3 Å². The van der Waals surface area contributed by atoms with E-state index in [0.717, 1.165) is 28.2 Å². The van der Waals surface area contributed by atoms with Crippen LogP contribution in [0.5, 0.6) is 5.75 Å². The van der Waals surface area contributed by atoms with Crippen LogP contribution >= 0.6 is 0 Å². The Morgan fingerprint density at radius 3 is 2.44 bits per heavy atom. The molecule has 0 spiro atoms. The molecule has 5 aromatic rings. The first kappa shape index (κ1) is 27.7. The van der Waals surface area contributed by atoms with Crippen LogP contribution in [0.15, 0.2) is 79.1 Å². The summed E-state index contributed by atoms with van der Waals surface area (Å²) < 4.78 is 14.3. The van der Waals surface area contributed by atoms with Gasteiger partial charge in [-0.05, 0) is 66.4 Å². The van der Waals surface area contributed by atoms with Crippen LogP contribution in [0, 0.1) is 12.7 Å². The molecule has 1 aliphatic rings. The number of aromatic hydroxyl groups is 1. The van der Waals surface area contributed by atoms with Crippen molar-refractivity contribution in [3.8, 4) is 17.1 Å². The number of phenols is 1. The minimum Gasteiger partial charge on any atom is -0.508 e. The summed E-state index contributed by atoms with van der Waals surface area (Å²) in [5.41, 5.74) is 4.25. The number of aromatic nitrogens is 3. The summed E-state index contributed by atoms with van der Waals surface area (Å²) in [6, 6.07) is 17.6. The van der Waals surface area contributed by atoms with Gasteiger partial charge >= 0.3 is 6.09 Å². The number of hydrogen-bond donors (Lipinski definition) is 4. The van der Waals surface area contributed by atoms with Crippen molar-refractivity contribution in [3.05, 3.63) is 107 Å². The average molecular weight is 581 g/mol. The van der Waals surface area contributed by atoms with Gasteiger partial charge in [0.15, 0.2) is 5.82 Å². The molecule has 3 heterocycles. The summed E-state index contributed by atoms with van der Waals surface area (Å²) in [5, 5.41) is 23.7. The first-order valence-corrected chi connectivity index (χ1v) is 13.8. The fourth-order valence-electron chi connectivity index (χ4n) is 5.38. The summed E-state index contributed by atoms with van der Waals surface area (Å²) in [4.78, 5) is 40.6. The Morgan fingerprint density at radius 1 is 0.977 bits per heavy atom. The number of piperazine rings is 1. The van der Waals surface area contributed by atoms with E-state index in [4.69, 9.17) is 0 Å². The number of anilines is 1. The summed E-state index contributed by atoms with van der Waals surface area (Å²) in [6.45, 7) is 3.76. The Hall–Kier alpha value is -5.45. The number of aromatic amines is 1. The van der Waals surface area contributed by atoms with Gasteiger partial charge in [0.05, 0.1) is 24.1 Å². The molecule has 1 unspecified atom stereocenters. The van der Waals surface area contributed by atoms with Gasteiger partial charge in [-0.15, -0.1) is 0 Å². The topological polar surface area (TPSA) is 135 Å². The molecule has 2 aromatic heterocycles. The number of carbonyl (C=O) groups excluding carboxylic acids is 1. The highest BCUT2D eigenvalue weighted by molar-refractivity contribution is 5.96. The van der Waals surface area contributed by atoms with E-state index in [9.17, 15) is 24.2 Å². The van der Waals surface area contributed by atoms with E-state index in [0.29, 0.717) is 48.8 Å². The second-order valence-corrected chi connectivity index (χ2v) is 10.5. The quantitative estimate of drug-likeness (QED) is 0.220. The van der Waals surface area contributed by atoms with Crippen LogP contribution in [-0.4, -0.2) is 68.2 Å². The van der Waals surface area contributed by atoms with Crippen molar-refractivity contribution in [1.82, 2.24) is 25.2 Å². The van der Waals surface area contributed by atoms with E-state index < -0.39 is 23.9 Å². The number of nitrogens with zero attached hydrogens (tertiary/aromatic N) is 4. The molecular weight excluding hydrogens is 551 g/mol. The van der Waals surface area contributed by atoms with Gasteiger partial charge < -0.3 is 30.3 Å². The Bertz CT molecular complexity index is 1780. The maximum atomic E-state index is 14.3. The lowest BCUT2D eigenvalue weighted by Gasteiger charge is -2.34. The van der Waals surface area contributed by atoms with E-state index in [2.05, 4.69) is 20.3 Å². The molecule has 3 aromatic carbocycles. The fourth-order valence-corrected chi connectivity index (χ4v) is 5.38. The van der Waals surface area contributed by atoms with Crippen LogP contribution in [0.2, 0.25) is 0 Å². The normalized spacial score (nSPS) is 14.1. The Morgan fingerprint density at radius 2 is 1.72 bits per heavy atom. The highest BCUT2D eigenvalue weighted by Gasteiger charge is 2.24. The molecule has 43 heavy (non-hydrogen) atoms. The van der Waals surface area contributed by atoms with Crippen molar-refractivity contribution in [2.24, 2.45) is 0 Å². The first-order chi connectivity index (χ1) is 20.7. The summed E-state index contributed by atoms with van der Waals surface area (Å²) in [7, 11) is 0. The van der Waals surface area contributed by atoms with Crippen LogP contribution in [0.4, 0.5) is 14.9 Å². The molecule has 1 fully saturated rings. The number of nitrogens with one attached hydrogen (secondary N) is 2. The van der Waals surface area contributed by atoms with Gasteiger partial charge in [0.2, 0.25) is 0 Å². The second kappa shape index (κ2) is 11.4. The maximum Gasteiger partial charge on any atom is 0.407 e. The van der Waals surface area contributed by atoms with E-state index >= 15 is 0 Å². The van der Waals surface area contributed by atoms with E-state index in [-0.39, 0.29) is 11.3 Å². The molecule has 10 nitrogen and oxygen atoms in total. The average Bonchev–Trinajstić information content (AvgIpc) is 3.45. The molecule has 0 saturated carbocycles. The van der Waals surface area contributed by atoms with Gasteiger partial charge in [-0.3, -0.25) is 4.79 Å². The van der Waals surface area contributed by atoms with Gasteiger partial charge in [-0.2, -0.15) is 0 Å². The first-order valence-electron chi connectivity index (χ1n) is 13.8. The van der Waals surface area contributed by atoms with Crippen molar-refractivity contribution < 1.29 is 24.2 Å². The number of benzene rings is 3. The molecule has 0 aliphatic carbocycles. The smallest absolute Gasteiger partial charge is 0.407 e. The zero-order valence-corrected chi connectivity index (χ0v) is 23.3. The molecule has 218 valence electrons. The molecule has 0 radical (unpaired) electrons. The number of para-hydroxylation sites is 1. The SMILES string of the molecule is Cc1cc(C(=O)NC(c2cc3ccccc3[nH]2)c2cc(F)ccc2O)cc(-c2ncc(N3CCN(C(=O)O)CC3)cn2)c1. The Balaban J connectivity index is 1.27. The summed E-state index contributed by atoms with van der Waals surface area (Å²) in [5.74, 6) is -0.677. The lowest BCUT2D eigenvalue weighted by molar-refractivity contribution is 0.0942. The van der Waals surface area contributed by atoms with Gasteiger partial charge in [0, 0.05) is 54.1 Å². The van der Waals surface area contributed by atoms with Crippen LogP contribution in [-0.2, 0) is 0 Å².